The van der Waals surface area contributed by atoms with E-state index in [0.717, 1.165) is 29.3 Å². The summed E-state index contributed by atoms with van der Waals surface area (Å²) in [5, 5.41) is 9.56. The first-order valence-electron chi connectivity index (χ1n) is 7.47. The maximum Gasteiger partial charge on any atom is 0.294 e. The second-order valence-electron chi connectivity index (χ2n) is 5.31. The summed E-state index contributed by atoms with van der Waals surface area (Å²) in [4.78, 5) is -1.18. The van der Waals surface area contributed by atoms with E-state index in [9.17, 15) is 21.9 Å². The molecule has 0 aliphatic rings. The van der Waals surface area contributed by atoms with Gasteiger partial charge < -0.3 is 5.11 Å². The van der Waals surface area contributed by atoms with Crippen LogP contribution in [0.15, 0.2) is 88.7 Å². The molecule has 27 heavy (non-hydrogen) atoms. The highest BCUT2D eigenvalue weighted by Crippen LogP contribution is 2.27. The van der Waals surface area contributed by atoms with Crippen LogP contribution in [0.25, 0.3) is 11.1 Å². The van der Waals surface area contributed by atoms with Gasteiger partial charge in [0.05, 0.1) is 9.79 Å². The van der Waals surface area contributed by atoms with E-state index in [1.54, 1.807) is 6.07 Å². The van der Waals surface area contributed by atoms with E-state index >= 15 is 0 Å². The van der Waals surface area contributed by atoms with E-state index in [1.165, 1.54) is 0 Å². The lowest BCUT2D eigenvalue weighted by Gasteiger charge is -2.02. The third-order valence-corrected chi connectivity index (χ3v) is 5.09. The van der Waals surface area contributed by atoms with Gasteiger partial charge in [-0.25, -0.2) is 0 Å². The molecule has 0 radical (unpaired) electrons. The minimum atomic E-state index is -4.46. The van der Waals surface area contributed by atoms with Gasteiger partial charge in [-0.1, -0.05) is 54.6 Å². The lowest BCUT2D eigenvalue weighted by Crippen LogP contribution is -2.02. The fraction of sp³-hybridized carbons (Fsp3) is 0. The Morgan fingerprint density at radius 2 is 1.07 bits per heavy atom. The third-order valence-electron chi connectivity index (χ3n) is 3.39. The van der Waals surface area contributed by atoms with Crippen molar-refractivity contribution in [3.05, 3.63) is 78.9 Å². The monoisotopic (exact) mass is 408 g/mol. The molecule has 142 valence electrons. The van der Waals surface area contributed by atoms with Crippen LogP contribution in [-0.4, -0.2) is 31.0 Å². The standard InChI is InChI=1S/C12H10O.C6H6O6S2/c13-12-9-5-4-8-11(12)10-6-2-1-3-7-10;7-13(8,9)5-2-1-3-6(4-5)14(10,11)12/h1-9,13H;1-4H,(H,7,8,9)(H,10,11,12). The minimum Gasteiger partial charge on any atom is -0.507 e. The van der Waals surface area contributed by atoms with Crippen LogP contribution in [0.1, 0.15) is 0 Å². The number of hydrogen-bond acceptors (Lipinski definition) is 5. The Balaban J connectivity index is 0.000000194. The van der Waals surface area contributed by atoms with Crippen molar-refractivity contribution in [2.24, 2.45) is 0 Å². The molecule has 0 saturated carbocycles. The van der Waals surface area contributed by atoms with Gasteiger partial charge in [-0.2, -0.15) is 16.8 Å². The van der Waals surface area contributed by atoms with Crippen LogP contribution in [0.5, 0.6) is 5.75 Å². The third kappa shape index (κ3) is 5.90. The molecular weight excluding hydrogens is 392 g/mol. The summed E-state index contributed by atoms with van der Waals surface area (Å²) in [5.74, 6) is 0.328. The Morgan fingerprint density at radius 1 is 0.593 bits per heavy atom. The van der Waals surface area contributed by atoms with Crippen molar-refractivity contribution >= 4 is 20.2 Å². The topological polar surface area (TPSA) is 129 Å². The minimum absolute atomic E-state index is 0.328. The molecule has 0 atom stereocenters. The molecule has 3 aromatic rings. The average Bonchev–Trinajstić information content (AvgIpc) is 2.62. The van der Waals surface area contributed by atoms with Gasteiger partial charge in [0.1, 0.15) is 5.75 Å². The van der Waals surface area contributed by atoms with Gasteiger partial charge in [-0.15, -0.1) is 0 Å². The second-order valence-corrected chi connectivity index (χ2v) is 8.15. The Morgan fingerprint density at radius 3 is 1.56 bits per heavy atom. The van der Waals surface area contributed by atoms with Crippen molar-refractivity contribution in [2.75, 3.05) is 0 Å². The van der Waals surface area contributed by atoms with Gasteiger partial charge in [0.2, 0.25) is 0 Å². The summed E-state index contributed by atoms with van der Waals surface area (Å²) in [5.41, 5.74) is 1.92. The molecule has 0 aliphatic carbocycles. The summed E-state index contributed by atoms with van der Waals surface area (Å²) in [6, 6.07) is 20.9. The maximum absolute atomic E-state index is 10.6. The molecule has 0 fully saturated rings. The number of rotatable bonds is 3. The molecular formula is C18H16O7S2. The fourth-order valence-corrected chi connectivity index (χ4v) is 3.26. The highest BCUT2D eigenvalue weighted by atomic mass is 32.2. The number of hydrogen-bond donors (Lipinski definition) is 3. The smallest absolute Gasteiger partial charge is 0.294 e. The van der Waals surface area contributed by atoms with Gasteiger partial charge in [0, 0.05) is 5.56 Å². The average molecular weight is 408 g/mol. The van der Waals surface area contributed by atoms with Crippen molar-refractivity contribution < 1.29 is 31.0 Å². The summed E-state index contributed by atoms with van der Waals surface area (Å²) in [6.07, 6.45) is 0. The number of phenols is 1. The lowest BCUT2D eigenvalue weighted by molar-refractivity contribution is 0.477. The molecule has 0 saturated heterocycles. The van der Waals surface area contributed by atoms with Crippen LogP contribution in [0, 0.1) is 0 Å². The van der Waals surface area contributed by atoms with Crippen molar-refractivity contribution in [1.82, 2.24) is 0 Å². The van der Waals surface area contributed by atoms with Crippen LogP contribution in [0.3, 0.4) is 0 Å². The Hall–Kier alpha value is -2.72. The highest BCUT2D eigenvalue weighted by Gasteiger charge is 2.15. The molecule has 7 nitrogen and oxygen atoms in total. The van der Waals surface area contributed by atoms with Crippen LogP contribution in [0.4, 0.5) is 0 Å². The molecule has 0 aliphatic heterocycles. The van der Waals surface area contributed by atoms with E-state index in [-0.39, 0.29) is 0 Å². The number of aromatic hydroxyl groups is 1. The Bertz CT molecular complexity index is 1080. The Kier molecular flexibility index (Phi) is 6.34. The summed E-state index contributed by atoms with van der Waals surface area (Å²) < 4.78 is 59.5. The number of para-hydroxylation sites is 1. The zero-order valence-electron chi connectivity index (χ0n) is 13.8. The molecule has 0 unspecified atom stereocenters. The summed E-state index contributed by atoms with van der Waals surface area (Å²) >= 11 is 0. The van der Waals surface area contributed by atoms with Crippen molar-refractivity contribution in [2.45, 2.75) is 9.79 Å². The summed E-state index contributed by atoms with van der Waals surface area (Å²) in [6.45, 7) is 0. The highest BCUT2D eigenvalue weighted by molar-refractivity contribution is 7.86. The van der Waals surface area contributed by atoms with Crippen molar-refractivity contribution in [3.8, 4) is 16.9 Å². The quantitative estimate of drug-likeness (QED) is 0.567. The zero-order chi connectivity index (χ0) is 20.1. The molecule has 0 heterocycles. The molecule has 9 heteroatoms. The largest absolute Gasteiger partial charge is 0.507 e. The molecule has 0 spiro atoms. The van der Waals surface area contributed by atoms with E-state index in [4.69, 9.17) is 9.11 Å². The number of benzene rings is 3. The molecule has 0 bridgehead atoms. The van der Waals surface area contributed by atoms with E-state index in [0.29, 0.717) is 11.8 Å². The van der Waals surface area contributed by atoms with Crippen LogP contribution >= 0.6 is 0 Å². The first kappa shape index (κ1) is 20.6. The van der Waals surface area contributed by atoms with E-state index in [2.05, 4.69) is 0 Å². The zero-order valence-corrected chi connectivity index (χ0v) is 15.4. The van der Waals surface area contributed by atoms with Crippen molar-refractivity contribution in [1.29, 1.82) is 0 Å². The molecule has 3 N–H and O–H groups in total. The maximum atomic E-state index is 10.6. The Labute approximate surface area is 157 Å². The first-order valence-corrected chi connectivity index (χ1v) is 10.4. The van der Waals surface area contributed by atoms with E-state index < -0.39 is 30.0 Å². The summed E-state index contributed by atoms with van der Waals surface area (Å²) in [7, 11) is -8.92. The van der Waals surface area contributed by atoms with Gasteiger partial charge >= 0.3 is 0 Å². The van der Waals surface area contributed by atoms with Gasteiger partial charge in [-0.3, -0.25) is 9.11 Å². The lowest BCUT2D eigenvalue weighted by atomic mass is 10.1. The van der Waals surface area contributed by atoms with Crippen LogP contribution < -0.4 is 0 Å². The predicted octanol–water partition coefficient (Wildman–Crippen LogP) is 3.24. The SMILES string of the molecule is O=S(=O)(O)c1cccc(S(=O)(=O)O)c1.Oc1ccccc1-c1ccccc1. The van der Waals surface area contributed by atoms with Gasteiger partial charge in [0.15, 0.2) is 0 Å². The number of phenolic OH excluding ortho intramolecular Hbond substituents is 1. The predicted molar refractivity (Wildman–Crippen MR) is 99.6 cm³/mol. The molecule has 3 aromatic carbocycles. The normalized spacial score (nSPS) is 11.3. The van der Waals surface area contributed by atoms with Crippen molar-refractivity contribution in [3.63, 3.8) is 0 Å². The van der Waals surface area contributed by atoms with Crippen LogP contribution in [0.2, 0.25) is 0 Å². The molecule has 0 amide bonds. The van der Waals surface area contributed by atoms with Gasteiger partial charge in [0.25, 0.3) is 20.2 Å². The second kappa shape index (κ2) is 8.31. The van der Waals surface area contributed by atoms with Crippen LogP contribution in [-0.2, 0) is 20.2 Å². The first-order chi connectivity index (χ1) is 12.6. The molecule has 3 rings (SSSR count). The van der Waals surface area contributed by atoms with Gasteiger partial charge in [-0.05, 0) is 29.8 Å². The van der Waals surface area contributed by atoms with E-state index in [1.807, 2.05) is 48.5 Å². The molecule has 0 aromatic heterocycles. The fourth-order valence-electron chi connectivity index (χ4n) is 2.13.